The Bertz CT molecular complexity index is 747. The number of hydrogen-bond acceptors (Lipinski definition) is 9. The van der Waals surface area contributed by atoms with E-state index in [4.69, 9.17) is 14.3 Å². The Morgan fingerprint density at radius 1 is 1.03 bits per heavy atom. The SMILES string of the molecule is CC(C)(C)OC(=O)Nc1nc(C(NOC(C)(C)C(=O)OC(C)(C)C)C(=O)O)cs1. The zero-order valence-electron chi connectivity index (χ0n) is 17.9. The van der Waals surface area contributed by atoms with Crippen LogP contribution in [0.15, 0.2) is 5.38 Å². The number of ether oxygens (including phenoxy) is 2. The number of aromatic nitrogens is 1. The molecule has 1 aromatic rings. The van der Waals surface area contributed by atoms with Crippen molar-refractivity contribution >= 4 is 34.5 Å². The lowest BCUT2D eigenvalue weighted by molar-refractivity contribution is -0.193. The average Bonchev–Trinajstić information content (AvgIpc) is 2.91. The molecule has 0 aliphatic heterocycles. The Morgan fingerprint density at radius 3 is 2.07 bits per heavy atom. The highest BCUT2D eigenvalue weighted by Crippen LogP contribution is 2.24. The van der Waals surface area contributed by atoms with Gasteiger partial charge in [0.1, 0.15) is 11.2 Å². The molecule has 0 spiro atoms. The van der Waals surface area contributed by atoms with Crippen LogP contribution >= 0.6 is 11.3 Å². The monoisotopic (exact) mass is 431 g/mol. The summed E-state index contributed by atoms with van der Waals surface area (Å²) in [6, 6.07) is -1.37. The number of anilines is 1. The van der Waals surface area contributed by atoms with Crippen LogP contribution < -0.4 is 10.8 Å². The van der Waals surface area contributed by atoms with Gasteiger partial charge in [-0.25, -0.2) is 14.6 Å². The van der Waals surface area contributed by atoms with Gasteiger partial charge in [-0.15, -0.1) is 11.3 Å². The number of hydrogen-bond donors (Lipinski definition) is 3. The van der Waals surface area contributed by atoms with Crippen molar-refractivity contribution in [3.8, 4) is 0 Å². The summed E-state index contributed by atoms with van der Waals surface area (Å²) in [6.07, 6.45) is -0.708. The van der Waals surface area contributed by atoms with Crippen LogP contribution in [0.25, 0.3) is 0 Å². The largest absolute Gasteiger partial charge is 0.480 e. The summed E-state index contributed by atoms with van der Waals surface area (Å²) >= 11 is 1.02. The fourth-order valence-corrected chi connectivity index (χ4v) is 2.47. The molecule has 0 aliphatic rings. The van der Waals surface area contributed by atoms with E-state index in [9.17, 15) is 19.5 Å². The van der Waals surface area contributed by atoms with Crippen LogP contribution in [0.1, 0.15) is 67.1 Å². The van der Waals surface area contributed by atoms with Gasteiger partial charge < -0.3 is 14.6 Å². The second-order valence-corrected chi connectivity index (χ2v) is 9.57. The van der Waals surface area contributed by atoms with Crippen LogP contribution in [0.2, 0.25) is 0 Å². The Labute approximate surface area is 173 Å². The number of carbonyl (C=O) groups excluding carboxylic acids is 2. The fourth-order valence-electron chi connectivity index (χ4n) is 1.75. The van der Waals surface area contributed by atoms with Gasteiger partial charge in [-0.1, -0.05) is 0 Å². The quantitative estimate of drug-likeness (QED) is 0.439. The van der Waals surface area contributed by atoms with Gasteiger partial charge in [-0.2, -0.15) is 5.48 Å². The minimum absolute atomic E-state index is 0.0912. The third-order valence-corrected chi connectivity index (χ3v) is 3.77. The summed E-state index contributed by atoms with van der Waals surface area (Å²) in [5.41, 5.74) is -0.417. The van der Waals surface area contributed by atoms with Crippen LogP contribution in [0.3, 0.4) is 0 Å². The number of nitrogens with zero attached hydrogens (tertiary/aromatic N) is 1. The fraction of sp³-hybridized carbons (Fsp3) is 0.667. The van der Waals surface area contributed by atoms with Crippen molar-refractivity contribution in [3.63, 3.8) is 0 Å². The molecule has 1 heterocycles. The molecule has 164 valence electrons. The summed E-state index contributed by atoms with van der Waals surface area (Å²) in [5, 5.41) is 13.5. The molecule has 1 aromatic heterocycles. The van der Waals surface area contributed by atoms with Gasteiger partial charge in [0.25, 0.3) is 0 Å². The molecule has 10 nitrogen and oxygen atoms in total. The van der Waals surface area contributed by atoms with E-state index in [0.717, 1.165) is 11.3 Å². The molecule has 0 aliphatic carbocycles. The molecule has 1 amide bonds. The van der Waals surface area contributed by atoms with Crippen molar-refractivity contribution in [2.75, 3.05) is 5.32 Å². The Kier molecular flexibility index (Phi) is 7.74. The first kappa shape index (κ1) is 24.8. The highest BCUT2D eigenvalue weighted by molar-refractivity contribution is 7.13. The van der Waals surface area contributed by atoms with E-state index in [0.29, 0.717) is 0 Å². The Hall–Kier alpha value is -2.24. The molecular weight excluding hydrogens is 402 g/mol. The van der Waals surface area contributed by atoms with Crippen molar-refractivity contribution in [2.45, 2.75) is 78.2 Å². The Balaban J connectivity index is 2.82. The van der Waals surface area contributed by atoms with Crippen LogP contribution in [0.4, 0.5) is 9.93 Å². The molecule has 0 bridgehead atoms. The smallest absolute Gasteiger partial charge is 0.413 e. The van der Waals surface area contributed by atoms with E-state index in [1.54, 1.807) is 41.5 Å². The number of esters is 1. The van der Waals surface area contributed by atoms with Crippen molar-refractivity contribution < 1.29 is 33.8 Å². The molecule has 0 saturated heterocycles. The van der Waals surface area contributed by atoms with E-state index in [1.165, 1.54) is 19.2 Å². The van der Waals surface area contributed by atoms with E-state index >= 15 is 0 Å². The maximum Gasteiger partial charge on any atom is 0.413 e. The highest BCUT2D eigenvalue weighted by Gasteiger charge is 2.36. The zero-order valence-corrected chi connectivity index (χ0v) is 18.7. The van der Waals surface area contributed by atoms with Gasteiger partial charge in [-0.05, 0) is 55.4 Å². The first-order valence-corrected chi connectivity index (χ1v) is 9.73. The molecule has 0 radical (unpaired) electrons. The molecule has 29 heavy (non-hydrogen) atoms. The molecule has 0 aromatic carbocycles. The second-order valence-electron chi connectivity index (χ2n) is 8.71. The summed E-state index contributed by atoms with van der Waals surface area (Å²) < 4.78 is 10.4. The van der Waals surface area contributed by atoms with Crippen LogP contribution in [-0.2, 0) is 23.9 Å². The van der Waals surface area contributed by atoms with Crippen LogP contribution in [-0.4, -0.2) is 44.9 Å². The highest BCUT2D eigenvalue weighted by atomic mass is 32.1. The standard InChI is InChI=1S/C18H29N3O7S/c1-16(2,3)26-13(24)18(7,8)28-21-11(12(22)23)10-9-29-14(19-10)20-15(25)27-17(4,5)6/h9,11,21H,1-8H3,(H,22,23)(H,19,20,25). The zero-order chi connectivity index (χ0) is 22.6. The number of hydroxylamine groups is 1. The second kappa shape index (κ2) is 9.06. The number of carboxylic acids is 1. The van der Waals surface area contributed by atoms with Crippen molar-refractivity contribution in [1.82, 2.24) is 10.5 Å². The molecule has 11 heteroatoms. The van der Waals surface area contributed by atoms with Crippen molar-refractivity contribution in [3.05, 3.63) is 11.1 Å². The van der Waals surface area contributed by atoms with E-state index < -0.39 is 40.9 Å². The number of carboxylic acid groups (broad SMARTS) is 1. The minimum atomic E-state index is -1.45. The van der Waals surface area contributed by atoms with Gasteiger partial charge in [0.05, 0.1) is 5.69 Å². The molecule has 1 atom stereocenters. The lowest BCUT2D eigenvalue weighted by Crippen LogP contribution is -2.46. The third-order valence-electron chi connectivity index (χ3n) is 2.99. The van der Waals surface area contributed by atoms with Gasteiger partial charge in [-0.3, -0.25) is 14.9 Å². The number of rotatable bonds is 7. The first-order valence-electron chi connectivity index (χ1n) is 8.85. The maximum absolute atomic E-state index is 12.2. The number of aliphatic carboxylic acids is 1. The summed E-state index contributed by atoms with van der Waals surface area (Å²) in [6.45, 7) is 13.2. The average molecular weight is 432 g/mol. The van der Waals surface area contributed by atoms with Crippen LogP contribution in [0, 0.1) is 0 Å². The molecule has 1 unspecified atom stereocenters. The Morgan fingerprint density at radius 2 is 1.59 bits per heavy atom. The number of nitrogens with one attached hydrogen (secondary N) is 2. The molecule has 1 rings (SSSR count). The third kappa shape index (κ3) is 8.75. The van der Waals surface area contributed by atoms with Gasteiger partial charge in [0, 0.05) is 5.38 Å². The van der Waals surface area contributed by atoms with E-state index in [2.05, 4.69) is 15.8 Å². The number of carbonyl (C=O) groups is 3. The van der Waals surface area contributed by atoms with Crippen LogP contribution in [0.5, 0.6) is 0 Å². The normalized spacial score (nSPS) is 13.5. The van der Waals surface area contributed by atoms with Gasteiger partial charge in [0.15, 0.2) is 16.8 Å². The van der Waals surface area contributed by atoms with E-state index in [-0.39, 0.29) is 10.8 Å². The topological polar surface area (TPSA) is 136 Å². The summed E-state index contributed by atoms with van der Waals surface area (Å²) in [5.74, 6) is -1.94. The van der Waals surface area contributed by atoms with E-state index in [1.807, 2.05) is 0 Å². The molecule has 0 fully saturated rings. The van der Waals surface area contributed by atoms with Gasteiger partial charge in [0.2, 0.25) is 0 Å². The lowest BCUT2D eigenvalue weighted by atomic mass is 10.1. The summed E-state index contributed by atoms with van der Waals surface area (Å²) in [7, 11) is 0. The maximum atomic E-state index is 12.2. The predicted octanol–water partition coefficient (Wildman–Crippen LogP) is 3.26. The van der Waals surface area contributed by atoms with Crippen molar-refractivity contribution in [1.29, 1.82) is 0 Å². The number of amides is 1. The first-order chi connectivity index (χ1) is 13.0. The molecular formula is C18H29N3O7S. The minimum Gasteiger partial charge on any atom is -0.480 e. The molecule has 3 N–H and O–H groups in total. The predicted molar refractivity (Wildman–Crippen MR) is 106 cm³/mol. The number of thiazole rings is 1. The lowest BCUT2D eigenvalue weighted by Gasteiger charge is -2.29. The van der Waals surface area contributed by atoms with Crippen molar-refractivity contribution in [2.24, 2.45) is 0 Å². The van der Waals surface area contributed by atoms with Gasteiger partial charge >= 0.3 is 18.0 Å². The summed E-state index contributed by atoms with van der Waals surface area (Å²) in [4.78, 5) is 45.1. The molecule has 0 saturated carbocycles.